The van der Waals surface area contributed by atoms with Gasteiger partial charge in [-0.05, 0) is 29.8 Å². The van der Waals surface area contributed by atoms with Crippen LogP contribution in [0.2, 0.25) is 0 Å². The number of thiazole rings is 1. The molecule has 0 saturated heterocycles. The molecule has 7 nitrogen and oxygen atoms in total. The van der Waals surface area contributed by atoms with Gasteiger partial charge in [0.25, 0.3) is 0 Å². The SMILES string of the molecule is COc1ccc(CC(=O)NCCc2csc3nc(-c4ccccc4F)nn23)cc1OC. The molecule has 2 heterocycles. The third kappa shape index (κ3) is 4.51. The Hall–Kier alpha value is -3.46. The first-order valence-electron chi connectivity index (χ1n) is 9.64. The van der Waals surface area contributed by atoms with Crippen LogP contribution in [0.1, 0.15) is 11.3 Å². The molecule has 1 amide bonds. The van der Waals surface area contributed by atoms with Crippen LogP contribution >= 0.6 is 11.3 Å². The van der Waals surface area contributed by atoms with Gasteiger partial charge in [0.1, 0.15) is 5.82 Å². The van der Waals surface area contributed by atoms with E-state index in [9.17, 15) is 9.18 Å². The molecule has 31 heavy (non-hydrogen) atoms. The number of methoxy groups -OCH3 is 2. The summed E-state index contributed by atoms with van der Waals surface area (Å²) in [5.74, 6) is 1.11. The number of fused-ring (bicyclic) bond motifs is 1. The highest BCUT2D eigenvalue weighted by Gasteiger charge is 2.14. The van der Waals surface area contributed by atoms with Crippen LogP contribution in [0.4, 0.5) is 4.39 Å². The molecule has 0 spiro atoms. The van der Waals surface area contributed by atoms with Crippen molar-refractivity contribution in [2.75, 3.05) is 20.8 Å². The Labute approximate surface area is 182 Å². The van der Waals surface area contributed by atoms with E-state index >= 15 is 0 Å². The number of aromatic nitrogens is 3. The summed E-state index contributed by atoms with van der Waals surface area (Å²) in [6.45, 7) is 0.451. The van der Waals surface area contributed by atoms with Crippen molar-refractivity contribution in [2.24, 2.45) is 0 Å². The highest BCUT2D eigenvalue weighted by molar-refractivity contribution is 7.15. The predicted molar refractivity (Wildman–Crippen MR) is 116 cm³/mol. The fraction of sp³-hybridized carbons (Fsp3) is 0.227. The summed E-state index contributed by atoms with van der Waals surface area (Å²) < 4.78 is 26.2. The van der Waals surface area contributed by atoms with Crippen molar-refractivity contribution in [2.45, 2.75) is 12.8 Å². The molecule has 0 aliphatic carbocycles. The molecule has 0 aliphatic rings. The second-order valence-corrected chi connectivity index (χ2v) is 7.64. The summed E-state index contributed by atoms with van der Waals surface area (Å²) in [4.78, 5) is 17.4. The topological polar surface area (TPSA) is 77.8 Å². The molecule has 0 atom stereocenters. The number of ether oxygens (including phenoxy) is 2. The van der Waals surface area contributed by atoms with E-state index in [1.165, 1.54) is 17.4 Å². The maximum Gasteiger partial charge on any atom is 0.224 e. The lowest BCUT2D eigenvalue weighted by atomic mass is 10.1. The second kappa shape index (κ2) is 9.13. The Morgan fingerprint density at radius 3 is 2.74 bits per heavy atom. The molecule has 4 rings (SSSR count). The Bertz CT molecular complexity index is 1220. The van der Waals surface area contributed by atoms with Crippen LogP contribution in [0.25, 0.3) is 16.3 Å². The van der Waals surface area contributed by atoms with E-state index < -0.39 is 0 Å². The van der Waals surface area contributed by atoms with Gasteiger partial charge in [-0.2, -0.15) is 4.98 Å². The summed E-state index contributed by atoms with van der Waals surface area (Å²) in [6.07, 6.45) is 0.817. The molecule has 0 bridgehead atoms. The summed E-state index contributed by atoms with van der Waals surface area (Å²) >= 11 is 1.43. The van der Waals surface area contributed by atoms with Crippen LogP contribution < -0.4 is 14.8 Å². The fourth-order valence-electron chi connectivity index (χ4n) is 3.22. The first-order valence-corrected chi connectivity index (χ1v) is 10.5. The molecule has 0 saturated carbocycles. The zero-order valence-electron chi connectivity index (χ0n) is 17.1. The minimum Gasteiger partial charge on any atom is -0.493 e. The average molecular weight is 441 g/mol. The van der Waals surface area contributed by atoms with Crippen LogP contribution in [0.15, 0.2) is 47.8 Å². The molecule has 0 radical (unpaired) electrons. The normalized spacial score (nSPS) is 10.9. The van der Waals surface area contributed by atoms with E-state index in [1.54, 1.807) is 49.1 Å². The maximum atomic E-state index is 14.0. The lowest BCUT2D eigenvalue weighted by molar-refractivity contribution is -0.120. The largest absolute Gasteiger partial charge is 0.493 e. The standard InChI is InChI=1S/C22H21FN4O3S/c1-29-18-8-7-14(11-19(18)30-2)12-20(28)24-10-9-15-13-31-22-25-21(26-27(15)22)16-5-3-4-6-17(16)23/h3-8,11,13H,9-10,12H2,1-2H3,(H,24,28). The Morgan fingerprint density at radius 1 is 1.16 bits per heavy atom. The number of carbonyl (C=O) groups excluding carboxylic acids is 1. The third-order valence-corrected chi connectivity index (χ3v) is 5.65. The average Bonchev–Trinajstić information content (AvgIpc) is 3.35. The summed E-state index contributed by atoms with van der Waals surface area (Å²) in [5.41, 5.74) is 2.10. The molecule has 9 heteroatoms. The molecule has 2 aromatic heterocycles. The minimum absolute atomic E-state index is 0.0932. The van der Waals surface area contributed by atoms with Crippen molar-refractivity contribution in [1.82, 2.24) is 19.9 Å². The van der Waals surface area contributed by atoms with Crippen LogP contribution in [0.3, 0.4) is 0 Å². The Kier molecular flexibility index (Phi) is 6.13. The molecule has 0 fully saturated rings. The van der Waals surface area contributed by atoms with Gasteiger partial charge in [-0.1, -0.05) is 18.2 Å². The van der Waals surface area contributed by atoms with Gasteiger partial charge >= 0.3 is 0 Å². The quantitative estimate of drug-likeness (QED) is 0.454. The van der Waals surface area contributed by atoms with Crippen molar-refractivity contribution in [3.05, 3.63) is 64.9 Å². The molecular formula is C22H21FN4O3S. The van der Waals surface area contributed by atoms with Crippen LogP contribution in [-0.2, 0) is 17.6 Å². The fourth-order valence-corrected chi connectivity index (χ4v) is 4.08. The number of amides is 1. The highest BCUT2D eigenvalue weighted by atomic mass is 32.1. The first kappa shape index (κ1) is 20.8. The molecular weight excluding hydrogens is 419 g/mol. The number of nitrogens with one attached hydrogen (secondary N) is 1. The van der Waals surface area contributed by atoms with Gasteiger partial charge in [-0.25, -0.2) is 8.91 Å². The summed E-state index contributed by atoms with van der Waals surface area (Å²) in [5, 5.41) is 9.31. The minimum atomic E-state index is -0.357. The molecule has 0 aliphatic heterocycles. The molecule has 4 aromatic rings. The third-order valence-electron chi connectivity index (χ3n) is 4.78. The monoisotopic (exact) mass is 440 g/mol. The van der Waals surface area contributed by atoms with Gasteiger partial charge in [-0.3, -0.25) is 4.79 Å². The van der Waals surface area contributed by atoms with Crippen molar-refractivity contribution < 1.29 is 18.7 Å². The Morgan fingerprint density at radius 2 is 1.97 bits per heavy atom. The van der Waals surface area contributed by atoms with E-state index in [0.717, 1.165) is 11.3 Å². The Balaban J connectivity index is 1.37. The number of nitrogens with zero attached hydrogens (tertiary/aromatic N) is 3. The van der Waals surface area contributed by atoms with Gasteiger partial charge in [-0.15, -0.1) is 16.4 Å². The number of hydrogen-bond donors (Lipinski definition) is 1. The number of rotatable bonds is 8. The van der Waals surface area contributed by atoms with Gasteiger partial charge in [0.2, 0.25) is 10.9 Å². The van der Waals surface area contributed by atoms with E-state index in [1.807, 2.05) is 11.4 Å². The molecule has 2 aromatic carbocycles. The molecule has 0 unspecified atom stereocenters. The van der Waals surface area contributed by atoms with E-state index in [4.69, 9.17) is 9.47 Å². The lowest BCUT2D eigenvalue weighted by Gasteiger charge is -2.10. The number of hydrogen-bond acceptors (Lipinski definition) is 6. The molecule has 160 valence electrons. The maximum absolute atomic E-state index is 14.0. The van der Waals surface area contributed by atoms with Gasteiger partial charge in [0.05, 0.1) is 31.9 Å². The summed E-state index contributed by atoms with van der Waals surface area (Å²) in [6, 6.07) is 11.8. The van der Waals surface area contributed by atoms with Crippen molar-refractivity contribution in [1.29, 1.82) is 0 Å². The zero-order valence-corrected chi connectivity index (χ0v) is 17.9. The second-order valence-electron chi connectivity index (χ2n) is 6.80. The molecule has 1 N–H and O–H groups in total. The zero-order chi connectivity index (χ0) is 21.8. The van der Waals surface area contributed by atoms with Gasteiger partial charge < -0.3 is 14.8 Å². The van der Waals surface area contributed by atoms with E-state index in [2.05, 4.69) is 15.4 Å². The van der Waals surface area contributed by atoms with Crippen molar-refractivity contribution >= 4 is 22.2 Å². The lowest BCUT2D eigenvalue weighted by Crippen LogP contribution is -2.27. The van der Waals surface area contributed by atoms with E-state index in [0.29, 0.717) is 40.8 Å². The van der Waals surface area contributed by atoms with Crippen LogP contribution in [0, 0.1) is 5.82 Å². The number of halogens is 1. The van der Waals surface area contributed by atoms with E-state index in [-0.39, 0.29) is 18.1 Å². The van der Waals surface area contributed by atoms with Crippen molar-refractivity contribution in [3.63, 3.8) is 0 Å². The van der Waals surface area contributed by atoms with Gasteiger partial charge in [0, 0.05) is 18.3 Å². The van der Waals surface area contributed by atoms with Crippen LogP contribution in [0.5, 0.6) is 11.5 Å². The summed E-state index contributed by atoms with van der Waals surface area (Å²) in [7, 11) is 3.13. The first-order chi connectivity index (χ1) is 15.1. The smallest absolute Gasteiger partial charge is 0.224 e. The number of benzene rings is 2. The predicted octanol–water partition coefficient (Wildman–Crippen LogP) is 3.52. The highest BCUT2D eigenvalue weighted by Crippen LogP contribution is 2.27. The van der Waals surface area contributed by atoms with Crippen molar-refractivity contribution in [3.8, 4) is 22.9 Å². The van der Waals surface area contributed by atoms with Gasteiger partial charge in [0.15, 0.2) is 17.3 Å². The van der Waals surface area contributed by atoms with Crippen LogP contribution in [-0.4, -0.2) is 41.3 Å². The number of carbonyl (C=O) groups is 1.